The van der Waals surface area contributed by atoms with E-state index in [0.29, 0.717) is 5.78 Å². The van der Waals surface area contributed by atoms with Gasteiger partial charge in [-0.1, -0.05) is 12.1 Å². The molecule has 3 aromatic rings. The van der Waals surface area contributed by atoms with Crippen LogP contribution in [0.3, 0.4) is 0 Å². The maximum absolute atomic E-state index is 5.25. The SMILES string of the molecule is COc1cccc(-c2cn3c(C)c(Br)c(C)nc3n2)c1. The first kappa shape index (κ1) is 13.1. The molecule has 0 spiro atoms. The summed E-state index contributed by atoms with van der Waals surface area (Å²) in [7, 11) is 1.66. The van der Waals surface area contributed by atoms with Gasteiger partial charge in [-0.15, -0.1) is 0 Å². The number of fused-ring (bicyclic) bond motifs is 1. The maximum atomic E-state index is 5.25. The molecule has 2 heterocycles. The molecule has 102 valence electrons. The van der Waals surface area contributed by atoms with Crippen molar-refractivity contribution >= 4 is 21.7 Å². The van der Waals surface area contributed by atoms with E-state index in [1.165, 1.54) is 0 Å². The predicted molar refractivity (Wildman–Crippen MR) is 82.1 cm³/mol. The molecule has 3 rings (SSSR count). The number of ether oxygens (including phenoxy) is 1. The third-order valence-electron chi connectivity index (χ3n) is 3.32. The van der Waals surface area contributed by atoms with E-state index in [1.54, 1.807) is 7.11 Å². The van der Waals surface area contributed by atoms with Crippen molar-refractivity contribution < 1.29 is 4.74 Å². The van der Waals surface area contributed by atoms with Gasteiger partial charge in [0.05, 0.1) is 23.0 Å². The lowest BCUT2D eigenvalue weighted by Gasteiger charge is -2.04. The van der Waals surface area contributed by atoms with Crippen molar-refractivity contribution in [3.8, 4) is 17.0 Å². The third-order valence-corrected chi connectivity index (χ3v) is 4.46. The highest BCUT2D eigenvalue weighted by molar-refractivity contribution is 9.10. The lowest BCUT2D eigenvalue weighted by Crippen LogP contribution is -1.97. The van der Waals surface area contributed by atoms with Crippen LogP contribution in [0.1, 0.15) is 11.4 Å². The van der Waals surface area contributed by atoms with Gasteiger partial charge in [-0.05, 0) is 41.9 Å². The molecular formula is C15H14BrN3O. The van der Waals surface area contributed by atoms with Gasteiger partial charge in [-0.25, -0.2) is 9.97 Å². The Bertz CT molecular complexity index is 795. The van der Waals surface area contributed by atoms with Crippen molar-refractivity contribution in [3.05, 3.63) is 46.3 Å². The number of rotatable bonds is 2. The van der Waals surface area contributed by atoms with E-state index in [0.717, 1.165) is 32.9 Å². The van der Waals surface area contributed by atoms with Gasteiger partial charge in [0, 0.05) is 17.5 Å². The lowest BCUT2D eigenvalue weighted by atomic mass is 10.1. The number of aryl methyl sites for hydroxylation is 2. The summed E-state index contributed by atoms with van der Waals surface area (Å²) in [6.07, 6.45) is 2.00. The topological polar surface area (TPSA) is 39.4 Å². The summed E-state index contributed by atoms with van der Waals surface area (Å²) >= 11 is 3.56. The Balaban J connectivity index is 2.20. The minimum atomic E-state index is 0.709. The van der Waals surface area contributed by atoms with Crippen molar-refractivity contribution in [3.63, 3.8) is 0 Å². The van der Waals surface area contributed by atoms with Crippen LogP contribution < -0.4 is 4.74 Å². The summed E-state index contributed by atoms with van der Waals surface area (Å²) in [5.41, 5.74) is 3.94. The Morgan fingerprint density at radius 2 is 2.00 bits per heavy atom. The zero-order valence-corrected chi connectivity index (χ0v) is 13.1. The Morgan fingerprint density at radius 3 is 2.75 bits per heavy atom. The molecule has 20 heavy (non-hydrogen) atoms. The van der Waals surface area contributed by atoms with Gasteiger partial charge in [0.1, 0.15) is 5.75 Å². The Morgan fingerprint density at radius 1 is 1.20 bits per heavy atom. The van der Waals surface area contributed by atoms with Gasteiger partial charge in [-0.2, -0.15) is 0 Å². The summed E-state index contributed by atoms with van der Waals surface area (Å²) in [4.78, 5) is 9.10. The molecule has 0 aliphatic carbocycles. The Kier molecular flexibility index (Phi) is 3.22. The number of imidazole rings is 1. The van der Waals surface area contributed by atoms with E-state index in [1.807, 2.05) is 48.7 Å². The van der Waals surface area contributed by atoms with Crippen LogP contribution in [0.5, 0.6) is 5.75 Å². The molecule has 0 radical (unpaired) electrons. The molecule has 2 aromatic heterocycles. The minimum Gasteiger partial charge on any atom is -0.497 e. The summed E-state index contributed by atoms with van der Waals surface area (Å²) in [5.74, 6) is 1.53. The first-order chi connectivity index (χ1) is 9.60. The monoisotopic (exact) mass is 331 g/mol. The molecule has 0 saturated heterocycles. The second kappa shape index (κ2) is 4.90. The fraction of sp³-hybridized carbons (Fsp3) is 0.200. The van der Waals surface area contributed by atoms with E-state index >= 15 is 0 Å². The largest absolute Gasteiger partial charge is 0.497 e. The molecule has 1 aromatic carbocycles. The van der Waals surface area contributed by atoms with Crippen LogP contribution in [0.4, 0.5) is 0 Å². The fourth-order valence-electron chi connectivity index (χ4n) is 2.18. The van der Waals surface area contributed by atoms with Crippen molar-refractivity contribution in [1.29, 1.82) is 0 Å². The molecule has 4 nitrogen and oxygen atoms in total. The highest BCUT2D eigenvalue weighted by Crippen LogP contribution is 2.26. The summed E-state index contributed by atoms with van der Waals surface area (Å²) < 4.78 is 8.26. The second-order valence-electron chi connectivity index (χ2n) is 4.62. The van der Waals surface area contributed by atoms with Gasteiger partial charge in [0.15, 0.2) is 0 Å². The first-order valence-electron chi connectivity index (χ1n) is 6.26. The number of hydrogen-bond acceptors (Lipinski definition) is 3. The fourth-order valence-corrected chi connectivity index (χ4v) is 2.46. The minimum absolute atomic E-state index is 0.709. The molecule has 0 bridgehead atoms. The van der Waals surface area contributed by atoms with E-state index in [-0.39, 0.29) is 0 Å². The molecule has 0 aliphatic rings. The second-order valence-corrected chi connectivity index (χ2v) is 5.42. The summed E-state index contributed by atoms with van der Waals surface area (Å²) in [6, 6.07) is 7.86. The zero-order chi connectivity index (χ0) is 14.3. The van der Waals surface area contributed by atoms with Crippen LogP contribution in [-0.4, -0.2) is 21.5 Å². The van der Waals surface area contributed by atoms with Gasteiger partial charge in [0.2, 0.25) is 5.78 Å². The van der Waals surface area contributed by atoms with Crippen LogP contribution in [0.25, 0.3) is 17.0 Å². The highest BCUT2D eigenvalue weighted by Gasteiger charge is 2.11. The normalized spacial score (nSPS) is 11.0. The Hall–Kier alpha value is -1.88. The quantitative estimate of drug-likeness (QED) is 0.717. The van der Waals surface area contributed by atoms with E-state index in [9.17, 15) is 0 Å². The number of methoxy groups -OCH3 is 1. The number of halogens is 1. The Labute approximate surface area is 125 Å². The third kappa shape index (κ3) is 2.08. The molecular weight excluding hydrogens is 318 g/mol. The molecule has 0 aliphatic heterocycles. The highest BCUT2D eigenvalue weighted by atomic mass is 79.9. The van der Waals surface area contributed by atoms with Crippen molar-refractivity contribution in [2.75, 3.05) is 7.11 Å². The van der Waals surface area contributed by atoms with Gasteiger partial charge in [0.25, 0.3) is 0 Å². The number of nitrogens with zero attached hydrogens (tertiary/aromatic N) is 3. The van der Waals surface area contributed by atoms with E-state index < -0.39 is 0 Å². The van der Waals surface area contributed by atoms with Crippen LogP contribution in [0.2, 0.25) is 0 Å². The number of aromatic nitrogens is 3. The molecule has 5 heteroatoms. The van der Waals surface area contributed by atoms with Crippen molar-refractivity contribution in [2.24, 2.45) is 0 Å². The van der Waals surface area contributed by atoms with Crippen LogP contribution in [0, 0.1) is 13.8 Å². The van der Waals surface area contributed by atoms with E-state index in [2.05, 4.69) is 25.9 Å². The maximum Gasteiger partial charge on any atom is 0.234 e. The number of benzene rings is 1. The van der Waals surface area contributed by atoms with Crippen LogP contribution in [0.15, 0.2) is 34.9 Å². The van der Waals surface area contributed by atoms with Crippen molar-refractivity contribution in [2.45, 2.75) is 13.8 Å². The smallest absolute Gasteiger partial charge is 0.234 e. The van der Waals surface area contributed by atoms with Gasteiger partial charge < -0.3 is 4.74 Å². The molecule has 0 saturated carbocycles. The zero-order valence-electron chi connectivity index (χ0n) is 11.5. The van der Waals surface area contributed by atoms with Gasteiger partial charge >= 0.3 is 0 Å². The predicted octanol–water partition coefficient (Wildman–Crippen LogP) is 3.78. The summed E-state index contributed by atoms with van der Waals surface area (Å²) in [6.45, 7) is 4.01. The molecule has 0 atom stereocenters. The van der Waals surface area contributed by atoms with Crippen molar-refractivity contribution in [1.82, 2.24) is 14.4 Å². The average molecular weight is 332 g/mol. The molecule has 0 unspecified atom stereocenters. The number of hydrogen-bond donors (Lipinski definition) is 0. The van der Waals surface area contributed by atoms with Gasteiger partial charge in [-0.3, -0.25) is 4.40 Å². The molecule has 0 fully saturated rings. The van der Waals surface area contributed by atoms with E-state index in [4.69, 9.17) is 4.74 Å². The van der Waals surface area contributed by atoms with Crippen LogP contribution >= 0.6 is 15.9 Å². The average Bonchev–Trinajstić information content (AvgIpc) is 2.89. The standard InChI is InChI=1S/C15H14BrN3O/c1-9-14(16)10(2)19-8-13(18-15(19)17-9)11-5-4-6-12(7-11)20-3/h4-8H,1-3H3. The molecule has 0 N–H and O–H groups in total. The first-order valence-corrected chi connectivity index (χ1v) is 7.05. The molecule has 0 amide bonds. The van der Waals surface area contributed by atoms with Crippen LogP contribution in [-0.2, 0) is 0 Å². The lowest BCUT2D eigenvalue weighted by molar-refractivity contribution is 0.415. The summed E-state index contributed by atoms with van der Waals surface area (Å²) in [5, 5.41) is 0.